The number of ether oxygens (including phenoxy) is 1. The van der Waals surface area contributed by atoms with E-state index in [9.17, 15) is 18.7 Å². The van der Waals surface area contributed by atoms with E-state index >= 15 is 0 Å². The van der Waals surface area contributed by atoms with Crippen molar-refractivity contribution < 1.29 is 23.7 Å². The van der Waals surface area contributed by atoms with Crippen LogP contribution in [0, 0.1) is 10.6 Å². The summed E-state index contributed by atoms with van der Waals surface area (Å²) < 4.78 is 32.9. The summed E-state index contributed by atoms with van der Waals surface area (Å²) in [5, 5.41) is 19.0. The molecule has 0 saturated carbocycles. The first-order valence-corrected chi connectivity index (χ1v) is 5.83. The summed E-state index contributed by atoms with van der Waals surface area (Å²) >= 11 is 4.82. The molecular formula is C10H12F2N2O4S. The second kappa shape index (κ2) is 4.75. The number of nitrogens with one attached hydrogen (secondary N) is 1. The van der Waals surface area contributed by atoms with E-state index in [1.165, 1.54) is 0 Å². The minimum absolute atomic E-state index is 0.220. The molecule has 0 bridgehead atoms. The number of H-pyrrole nitrogens is 1. The largest absolute Gasteiger partial charge is 0.394 e. The van der Waals surface area contributed by atoms with Crippen LogP contribution in [0.4, 0.5) is 8.78 Å². The summed E-state index contributed by atoms with van der Waals surface area (Å²) in [6, 6.07) is 0. The Morgan fingerprint density at radius 3 is 2.84 bits per heavy atom. The van der Waals surface area contributed by atoms with Crippen LogP contribution in [0.3, 0.4) is 0 Å². The van der Waals surface area contributed by atoms with Gasteiger partial charge in [-0.25, -0.2) is 4.39 Å². The molecule has 0 radical (unpaired) electrons. The van der Waals surface area contributed by atoms with Gasteiger partial charge in [0.1, 0.15) is 11.7 Å². The Balaban J connectivity index is 2.51. The fraction of sp³-hybridized carbons (Fsp3) is 0.600. The Bertz CT molecular complexity index is 600. The molecule has 2 heterocycles. The number of aromatic nitrogens is 2. The highest BCUT2D eigenvalue weighted by atomic mass is 32.1. The van der Waals surface area contributed by atoms with Crippen LogP contribution in [0.15, 0.2) is 11.0 Å². The zero-order valence-electron chi connectivity index (χ0n) is 9.84. The normalized spacial score (nSPS) is 34.7. The number of alkyl halides is 1. The van der Waals surface area contributed by atoms with Gasteiger partial charge in [-0.2, -0.15) is 4.39 Å². The highest BCUT2D eigenvalue weighted by Crippen LogP contribution is 2.39. The van der Waals surface area contributed by atoms with Gasteiger partial charge in [0, 0.05) is 0 Å². The molecule has 1 aliphatic heterocycles. The number of aliphatic hydroxyl groups is 2. The predicted octanol–water partition coefficient (Wildman–Crippen LogP) is 0.0238. The van der Waals surface area contributed by atoms with Gasteiger partial charge in [0.25, 0.3) is 5.56 Å². The van der Waals surface area contributed by atoms with E-state index in [2.05, 4.69) is 0 Å². The van der Waals surface area contributed by atoms with Crippen molar-refractivity contribution in [2.24, 2.45) is 0 Å². The fourth-order valence-electron chi connectivity index (χ4n) is 2.00. The van der Waals surface area contributed by atoms with E-state index in [0.29, 0.717) is 0 Å². The quantitative estimate of drug-likeness (QED) is 0.670. The van der Waals surface area contributed by atoms with Crippen molar-refractivity contribution in [3.8, 4) is 0 Å². The third-order valence-electron chi connectivity index (χ3n) is 3.05. The average Bonchev–Trinajstić information content (AvgIpc) is 2.56. The van der Waals surface area contributed by atoms with Crippen molar-refractivity contribution in [3.63, 3.8) is 0 Å². The molecule has 2 rings (SSSR count). The maximum atomic E-state index is 13.9. The van der Waals surface area contributed by atoms with E-state index < -0.39 is 42.1 Å². The average molecular weight is 294 g/mol. The SMILES string of the molecule is CC1(O)C(F)C(CO)OC1n1cc(F)c(=O)[nH]c1=S. The summed E-state index contributed by atoms with van der Waals surface area (Å²) in [7, 11) is 0. The van der Waals surface area contributed by atoms with Crippen LogP contribution in [0.2, 0.25) is 0 Å². The lowest BCUT2D eigenvalue weighted by Gasteiger charge is -2.27. The van der Waals surface area contributed by atoms with Crippen LogP contribution in [0.5, 0.6) is 0 Å². The van der Waals surface area contributed by atoms with Crippen molar-refractivity contribution in [2.45, 2.75) is 31.0 Å². The van der Waals surface area contributed by atoms with Gasteiger partial charge in [-0.15, -0.1) is 0 Å². The van der Waals surface area contributed by atoms with Crippen molar-refractivity contribution in [3.05, 3.63) is 27.1 Å². The van der Waals surface area contributed by atoms with Crippen molar-refractivity contribution in [1.29, 1.82) is 0 Å². The number of nitrogens with zero attached hydrogens (tertiary/aromatic N) is 1. The molecule has 6 nitrogen and oxygen atoms in total. The molecule has 1 saturated heterocycles. The number of aromatic amines is 1. The van der Waals surface area contributed by atoms with E-state index in [-0.39, 0.29) is 4.77 Å². The Hall–Kier alpha value is -1.16. The van der Waals surface area contributed by atoms with Crippen LogP contribution < -0.4 is 5.56 Å². The lowest BCUT2D eigenvalue weighted by molar-refractivity contribution is -0.0927. The lowest BCUT2D eigenvalue weighted by Crippen LogP contribution is -2.42. The number of rotatable bonds is 2. The molecule has 1 aromatic rings. The van der Waals surface area contributed by atoms with Crippen LogP contribution >= 0.6 is 12.2 Å². The molecule has 1 aliphatic rings. The van der Waals surface area contributed by atoms with Crippen LogP contribution in [-0.4, -0.2) is 44.2 Å². The zero-order valence-corrected chi connectivity index (χ0v) is 10.7. The Morgan fingerprint density at radius 2 is 2.32 bits per heavy atom. The molecular weight excluding hydrogens is 282 g/mol. The van der Waals surface area contributed by atoms with Crippen molar-refractivity contribution in [2.75, 3.05) is 6.61 Å². The maximum Gasteiger partial charge on any atom is 0.287 e. The van der Waals surface area contributed by atoms with E-state index in [1.807, 2.05) is 4.98 Å². The zero-order chi connectivity index (χ0) is 14.4. The molecule has 0 spiro atoms. The van der Waals surface area contributed by atoms with Crippen LogP contribution in [0.25, 0.3) is 0 Å². The smallest absolute Gasteiger partial charge is 0.287 e. The molecule has 1 fully saturated rings. The molecule has 0 aromatic carbocycles. The molecule has 106 valence electrons. The van der Waals surface area contributed by atoms with Gasteiger partial charge < -0.3 is 14.9 Å². The van der Waals surface area contributed by atoms with Gasteiger partial charge in [0.15, 0.2) is 17.2 Å². The van der Waals surface area contributed by atoms with Gasteiger partial charge in [0.05, 0.1) is 12.8 Å². The minimum atomic E-state index is -2.02. The van der Waals surface area contributed by atoms with Gasteiger partial charge in [0.2, 0.25) is 5.82 Å². The summed E-state index contributed by atoms with van der Waals surface area (Å²) in [6.07, 6.45) is -3.75. The topological polar surface area (TPSA) is 87.5 Å². The summed E-state index contributed by atoms with van der Waals surface area (Å²) in [5.41, 5.74) is -3.04. The van der Waals surface area contributed by atoms with Gasteiger partial charge in [-0.3, -0.25) is 14.3 Å². The second-order valence-corrected chi connectivity index (χ2v) is 4.87. The highest BCUT2D eigenvalue weighted by molar-refractivity contribution is 7.71. The van der Waals surface area contributed by atoms with E-state index in [0.717, 1.165) is 17.7 Å². The second-order valence-electron chi connectivity index (χ2n) is 4.48. The Morgan fingerprint density at radius 1 is 1.68 bits per heavy atom. The number of hydrogen-bond acceptors (Lipinski definition) is 5. The molecule has 4 atom stereocenters. The molecule has 0 aliphatic carbocycles. The molecule has 9 heteroatoms. The van der Waals surface area contributed by atoms with E-state index in [1.54, 1.807) is 0 Å². The van der Waals surface area contributed by atoms with Crippen LogP contribution in [0.1, 0.15) is 13.2 Å². The highest BCUT2D eigenvalue weighted by Gasteiger charge is 2.54. The van der Waals surface area contributed by atoms with Crippen molar-refractivity contribution in [1.82, 2.24) is 9.55 Å². The fourth-order valence-corrected chi connectivity index (χ4v) is 2.24. The number of aliphatic hydroxyl groups excluding tert-OH is 1. The Labute approximate surface area is 111 Å². The van der Waals surface area contributed by atoms with Gasteiger partial charge in [-0.05, 0) is 19.1 Å². The monoisotopic (exact) mass is 294 g/mol. The molecule has 19 heavy (non-hydrogen) atoms. The first kappa shape index (κ1) is 14.3. The standard InChI is InChI=1S/C10H12F2N2O4S/c1-10(17)6(12)5(3-15)18-8(10)14-2-4(11)7(16)13-9(14)19/h2,5-6,8,15,17H,3H2,1H3,(H,13,16,19). The first-order valence-electron chi connectivity index (χ1n) is 5.42. The predicted molar refractivity (Wildman–Crippen MR) is 62.4 cm³/mol. The summed E-state index contributed by atoms with van der Waals surface area (Å²) in [6.45, 7) is 0.496. The van der Waals surface area contributed by atoms with Crippen LogP contribution in [-0.2, 0) is 4.74 Å². The third kappa shape index (κ3) is 2.22. The number of halogens is 2. The van der Waals surface area contributed by atoms with Gasteiger partial charge >= 0.3 is 0 Å². The summed E-state index contributed by atoms with van der Waals surface area (Å²) in [4.78, 5) is 13.1. The minimum Gasteiger partial charge on any atom is -0.394 e. The first-order chi connectivity index (χ1) is 8.78. The molecule has 0 amide bonds. The lowest BCUT2D eigenvalue weighted by atomic mass is 9.98. The summed E-state index contributed by atoms with van der Waals surface area (Å²) in [5.74, 6) is -1.14. The Kier molecular flexibility index (Phi) is 3.56. The molecule has 3 N–H and O–H groups in total. The van der Waals surface area contributed by atoms with Crippen molar-refractivity contribution >= 4 is 12.2 Å². The third-order valence-corrected chi connectivity index (χ3v) is 3.36. The maximum absolute atomic E-state index is 13.9. The molecule has 1 aromatic heterocycles. The number of hydrogen-bond donors (Lipinski definition) is 3. The van der Waals surface area contributed by atoms with E-state index in [4.69, 9.17) is 22.1 Å². The molecule has 4 unspecified atom stereocenters. The van der Waals surface area contributed by atoms with Gasteiger partial charge in [-0.1, -0.05) is 0 Å².